The van der Waals surface area contributed by atoms with E-state index in [4.69, 9.17) is 15.0 Å². The van der Waals surface area contributed by atoms with Crippen LogP contribution in [0.2, 0.25) is 0 Å². The van der Waals surface area contributed by atoms with Gasteiger partial charge in [-0.3, -0.25) is 0 Å². The van der Waals surface area contributed by atoms with Gasteiger partial charge in [-0.2, -0.15) is 0 Å². The van der Waals surface area contributed by atoms with E-state index in [1.807, 2.05) is 29.5 Å². The zero-order valence-corrected chi connectivity index (χ0v) is 38.5. The van der Waals surface area contributed by atoms with E-state index >= 15 is 0 Å². The lowest BCUT2D eigenvalue weighted by molar-refractivity contribution is 1.07. The molecule has 11 aromatic carbocycles. The normalized spacial score (nSPS) is 12.1. The van der Waals surface area contributed by atoms with Gasteiger partial charge in [0.1, 0.15) is 0 Å². The van der Waals surface area contributed by atoms with Crippen molar-refractivity contribution in [2.75, 3.05) is 0 Å². The molecule has 0 radical (unpaired) electrons. The third-order valence-corrected chi connectivity index (χ3v) is 16.3. The molecule has 4 aromatic heterocycles. The van der Waals surface area contributed by atoms with Crippen LogP contribution < -0.4 is 0 Å². The minimum atomic E-state index is 0.627. The molecular formula is C63H36N4S2. The molecule has 15 aromatic rings. The van der Waals surface area contributed by atoms with Crippen LogP contribution in [0, 0.1) is 0 Å². The van der Waals surface area contributed by atoms with Crippen molar-refractivity contribution in [2.45, 2.75) is 0 Å². The summed E-state index contributed by atoms with van der Waals surface area (Å²) in [6.07, 6.45) is 0. The Hall–Kier alpha value is -8.55. The number of para-hydroxylation sites is 1. The zero-order chi connectivity index (χ0) is 45.2. The summed E-state index contributed by atoms with van der Waals surface area (Å²) >= 11 is 3.66. The second kappa shape index (κ2) is 15.0. The molecule has 69 heavy (non-hydrogen) atoms. The van der Waals surface area contributed by atoms with Crippen LogP contribution in [0.1, 0.15) is 0 Å². The van der Waals surface area contributed by atoms with Gasteiger partial charge in [-0.15, -0.1) is 22.7 Å². The van der Waals surface area contributed by atoms with Crippen LogP contribution in [0.4, 0.5) is 0 Å². The maximum absolute atomic E-state index is 5.50. The fourth-order valence-corrected chi connectivity index (χ4v) is 13.1. The molecule has 15 rings (SSSR count). The Labute approximate surface area is 403 Å². The number of rotatable bonds is 5. The number of thiophene rings is 2. The maximum Gasteiger partial charge on any atom is 0.164 e. The lowest BCUT2D eigenvalue weighted by atomic mass is 9.91. The van der Waals surface area contributed by atoms with Gasteiger partial charge in [0.2, 0.25) is 0 Å². The van der Waals surface area contributed by atoms with Crippen molar-refractivity contribution in [1.82, 2.24) is 19.5 Å². The smallest absolute Gasteiger partial charge is 0.164 e. The first-order valence-electron chi connectivity index (χ1n) is 23.2. The molecule has 6 heteroatoms. The van der Waals surface area contributed by atoms with Gasteiger partial charge in [0.15, 0.2) is 17.5 Å². The van der Waals surface area contributed by atoms with Crippen LogP contribution in [0.25, 0.3) is 145 Å². The molecule has 0 N–H and O–H groups in total. The molecule has 0 aliphatic carbocycles. The predicted molar refractivity (Wildman–Crippen MR) is 294 cm³/mol. The van der Waals surface area contributed by atoms with Gasteiger partial charge >= 0.3 is 0 Å². The summed E-state index contributed by atoms with van der Waals surface area (Å²) in [7, 11) is 0. The van der Waals surface area contributed by atoms with Crippen molar-refractivity contribution < 1.29 is 0 Å². The summed E-state index contributed by atoms with van der Waals surface area (Å²) in [5.41, 5.74) is 8.56. The van der Waals surface area contributed by atoms with Crippen molar-refractivity contribution in [3.63, 3.8) is 0 Å². The van der Waals surface area contributed by atoms with Crippen molar-refractivity contribution in [1.29, 1.82) is 0 Å². The fourth-order valence-electron chi connectivity index (χ4n) is 10.9. The van der Waals surface area contributed by atoms with E-state index in [9.17, 15) is 0 Å². The molecule has 0 bridgehead atoms. The van der Waals surface area contributed by atoms with E-state index in [0.717, 1.165) is 49.6 Å². The van der Waals surface area contributed by atoms with Crippen LogP contribution in [0.5, 0.6) is 0 Å². The first kappa shape index (κ1) is 38.5. The molecule has 4 heterocycles. The second-order valence-electron chi connectivity index (χ2n) is 17.9. The topological polar surface area (TPSA) is 43.6 Å². The van der Waals surface area contributed by atoms with E-state index in [2.05, 4.69) is 205 Å². The van der Waals surface area contributed by atoms with Gasteiger partial charge in [0, 0.05) is 78.9 Å². The molecule has 0 fully saturated rings. The van der Waals surface area contributed by atoms with Crippen LogP contribution in [-0.4, -0.2) is 19.5 Å². The molecule has 320 valence electrons. The lowest BCUT2D eigenvalue weighted by Gasteiger charge is -2.18. The Bertz CT molecular complexity index is 4620. The average Bonchev–Trinajstić information content (AvgIpc) is 4.09. The van der Waals surface area contributed by atoms with E-state index in [-0.39, 0.29) is 0 Å². The first-order chi connectivity index (χ1) is 34.2. The second-order valence-corrected chi connectivity index (χ2v) is 20.0. The van der Waals surface area contributed by atoms with Crippen LogP contribution in [0.3, 0.4) is 0 Å². The predicted octanol–water partition coefficient (Wildman–Crippen LogP) is 17.8. The molecule has 4 nitrogen and oxygen atoms in total. The largest absolute Gasteiger partial charge is 0.309 e. The number of benzene rings is 11. The summed E-state index contributed by atoms with van der Waals surface area (Å²) in [5.74, 6) is 1.90. The van der Waals surface area contributed by atoms with Gasteiger partial charge in [0.05, 0.1) is 11.0 Å². The molecule has 0 spiro atoms. The van der Waals surface area contributed by atoms with Gasteiger partial charge in [-0.25, -0.2) is 15.0 Å². The third kappa shape index (κ3) is 5.96. The highest BCUT2D eigenvalue weighted by Crippen LogP contribution is 2.45. The van der Waals surface area contributed by atoms with Gasteiger partial charge in [-0.1, -0.05) is 158 Å². The Morgan fingerprint density at radius 3 is 1.55 bits per heavy atom. The highest BCUT2D eigenvalue weighted by atomic mass is 32.1. The number of hydrogen-bond acceptors (Lipinski definition) is 5. The number of fused-ring (bicyclic) bond motifs is 15. The number of aromatic nitrogens is 4. The molecule has 0 amide bonds. The van der Waals surface area contributed by atoms with Crippen LogP contribution >= 0.6 is 22.7 Å². The first-order valence-corrected chi connectivity index (χ1v) is 24.9. The Morgan fingerprint density at radius 1 is 0.275 bits per heavy atom. The van der Waals surface area contributed by atoms with Gasteiger partial charge in [-0.05, 0) is 98.7 Å². The summed E-state index contributed by atoms with van der Waals surface area (Å²) in [5, 5.41) is 14.5. The fraction of sp³-hybridized carbons (Fsp3) is 0. The van der Waals surface area contributed by atoms with E-state index in [1.165, 1.54) is 78.4 Å². The minimum Gasteiger partial charge on any atom is -0.309 e. The summed E-state index contributed by atoms with van der Waals surface area (Å²) in [6.45, 7) is 0. The standard InChI is InChI=1S/C63H36N4S2/c1-2-14-37(15-3-1)61-64-62(40-26-29-48-46-20-9-12-24-56(46)69-59(48)34-40)66-63(65-61)53-36-41(35-52-44-18-5-4-16-42(44)43-17-6-7-22-49(43)60(52)53)67-54-23-11-8-19-45(54)50-32-38(27-30-55(50)67)39-28-31-58-51(33-39)47-21-10-13-25-57(47)68-58/h1-36H. The molecule has 0 saturated carbocycles. The Kier molecular flexibility index (Phi) is 8.37. The molecule has 0 aliphatic heterocycles. The van der Waals surface area contributed by atoms with Crippen molar-refractivity contribution >= 4 is 117 Å². The average molecular weight is 913 g/mol. The number of nitrogens with zero attached hydrogens (tertiary/aromatic N) is 4. The highest BCUT2D eigenvalue weighted by molar-refractivity contribution is 7.26. The van der Waals surface area contributed by atoms with Crippen molar-refractivity contribution in [2.24, 2.45) is 0 Å². The molecule has 0 atom stereocenters. The van der Waals surface area contributed by atoms with Crippen LogP contribution in [0.15, 0.2) is 218 Å². The maximum atomic E-state index is 5.50. The zero-order valence-electron chi connectivity index (χ0n) is 36.9. The van der Waals surface area contributed by atoms with E-state index < -0.39 is 0 Å². The highest BCUT2D eigenvalue weighted by Gasteiger charge is 2.22. The third-order valence-electron chi connectivity index (χ3n) is 14.0. The minimum absolute atomic E-state index is 0.627. The molecule has 0 aliphatic rings. The Morgan fingerprint density at radius 2 is 0.783 bits per heavy atom. The van der Waals surface area contributed by atoms with Gasteiger partial charge in [0.25, 0.3) is 0 Å². The summed E-state index contributed by atoms with van der Waals surface area (Å²) in [4.78, 5) is 16.2. The lowest BCUT2D eigenvalue weighted by Crippen LogP contribution is -2.02. The van der Waals surface area contributed by atoms with Crippen molar-refractivity contribution in [3.05, 3.63) is 218 Å². The molecule has 0 unspecified atom stereocenters. The number of hydrogen-bond donors (Lipinski definition) is 0. The SMILES string of the molecule is c1ccc(-c2nc(-c3ccc4c(c3)sc3ccccc34)nc(-c3cc(-n4c5ccccc5c5cc(-c6ccc7sc8ccccc8c7c6)ccc54)cc4c5ccccc5c5ccccc5c34)n2)cc1. The van der Waals surface area contributed by atoms with E-state index in [0.29, 0.717) is 17.5 Å². The van der Waals surface area contributed by atoms with Crippen molar-refractivity contribution in [3.8, 4) is 51.0 Å². The van der Waals surface area contributed by atoms with Crippen LogP contribution in [-0.2, 0) is 0 Å². The summed E-state index contributed by atoms with van der Waals surface area (Å²) in [6, 6.07) is 79.3. The van der Waals surface area contributed by atoms with E-state index in [1.54, 1.807) is 11.3 Å². The molecular weight excluding hydrogens is 877 g/mol. The molecule has 0 saturated heterocycles. The Balaban J connectivity index is 1.01. The monoisotopic (exact) mass is 912 g/mol. The van der Waals surface area contributed by atoms with Gasteiger partial charge < -0.3 is 4.57 Å². The quantitative estimate of drug-likeness (QED) is 0.162. The summed E-state index contributed by atoms with van der Waals surface area (Å²) < 4.78 is 7.53.